The summed E-state index contributed by atoms with van der Waals surface area (Å²) in [5.74, 6) is -0.334. The highest BCUT2D eigenvalue weighted by molar-refractivity contribution is 9.10. The first-order chi connectivity index (χ1) is 7.36. The molecule has 0 N–H and O–H groups in total. The second kappa shape index (κ2) is 4.82. The van der Waals surface area contributed by atoms with Crippen LogP contribution in [0.15, 0.2) is 27.6 Å². The molecule has 0 unspecified atom stereocenters. The third-order valence-corrected chi connectivity index (χ3v) is 2.72. The fourth-order valence-electron chi connectivity index (χ4n) is 1.39. The van der Waals surface area contributed by atoms with E-state index in [-0.39, 0.29) is 18.1 Å². The first-order valence-electron chi connectivity index (χ1n) is 4.81. The summed E-state index contributed by atoms with van der Waals surface area (Å²) in [4.78, 5) is 23.0. The molecule has 0 radical (unpaired) electrons. The molecule has 1 heterocycles. The Morgan fingerprint density at radius 2 is 2.12 bits per heavy atom. The molecule has 0 saturated carbocycles. The molecule has 0 bridgehead atoms. The zero-order chi connectivity index (χ0) is 12.3. The van der Waals surface area contributed by atoms with Gasteiger partial charge in [0.15, 0.2) is 0 Å². The monoisotopic (exact) mass is 287 g/mol. The van der Waals surface area contributed by atoms with Gasteiger partial charge >= 0.3 is 5.97 Å². The van der Waals surface area contributed by atoms with E-state index < -0.39 is 5.41 Å². The number of methoxy groups -OCH3 is 1. The van der Waals surface area contributed by atoms with Gasteiger partial charge in [0.05, 0.1) is 12.5 Å². The maximum atomic E-state index is 11.6. The summed E-state index contributed by atoms with van der Waals surface area (Å²) in [6.07, 6.45) is 1.66. The molecule has 0 aromatic carbocycles. The summed E-state index contributed by atoms with van der Waals surface area (Å²) in [6.45, 7) is 3.77. The molecular weight excluding hydrogens is 274 g/mol. The molecule has 0 saturated heterocycles. The van der Waals surface area contributed by atoms with Crippen molar-refractivity contribution in [2.24, 2.45) is 5.41 Å². The predicted molar refractivity (Wildman–Crippen MR) is 64.2 cm³/mol. The van der Waals surface area contributed by atoms with Gasteiger partial charge in [-0.1, -0.05) is 0 Å². The Kier molecular flexibility index (Phi) is 3.91. The highest BCUT2D eigenvalue weighted by Crippen LogP contribution is 2.19. The number of hydrogen-bond acceptors (Lipinski definition) is 3. The van der Waals surface area contributed by atoms with E-state index in [1.54, 1.807) is 26.1 Å². The van der Waals surface area contributed by atoms with E-state index in [2.05, 4.69) is 15.9 Å². The maximum Gasteiger partial charge on any atom is 0.313 e. The number of aromatic nitrogens is 1. The van der Waals surface area contributed by atoms with Crippen molar-refractivity contribution in [2.45, 2.75) is 20.4 Å². The molecule has 1 rings (SSSR count). The summed E-state index contributed by atoms with van der Waals surface area (Å²) < 4.78 is 6.98. The van der Waals surface area contributed by atoms with E-state index in [1.807, 2.05) is 0 Å². The quantitative estimate of drug-likeness (QED) is 0.797. The SMILES string of the molecule is COC(=O)C(C)(C)Cn1cc(Br)ccc1=O. The molecule has 0 fully saturated rings. The molecule has 0 aliphatic rings. The number of nitrogens with zero attached hydrogens (tertiary/aromatic N) is 1. The number of carbonyl (C=O) groups is 1. The Hall–Kier alpha value is -1.10. The van der Waals surface area contributed by atoms with E-state index in [0.717, 1.165) is 4.47 Å². The average molecular weight is 288 g/mol. The van der Waals surface area contributed by atoms with Crippen LogP contribution in [0.4, 0.5) is 0 Å². The van der Waals surface area contributed by atoms with Crippen molar-refractivity contribution in [3.8, 4) is 0 Å². The van der Waals surface area contributed by atoms with Gasteiger partial charge in [-0.15, -0.1) is 0 Å². The van der Waals surface area contributed by atoms with Crippen molar-refractivity contribution in [1.29, 1.82) is 0 Å². The van der Waals surface area contributed by atoms with Crippen LogP contribution >= 0.6 is 15.9 Å². The minimum absolute atomic E-state index is 0.139. The van der Waals surface area contributed by atoms with Crippen LogP contribution in [0.3, 0.4) is 0 Å². The van der Waals surface area contributed by atoms with Crippen molar-refractivity contribution >= 4 is 21.9 Å². The topological polar surface area (TPSA) is 48.3 Å². The van der Waals surface area contributed by atoms with Crippen LogP contribution in [0, 0.1) is 5.41 Å². The summed E-state index contributed by atoms with van der Waals surface area (Å²) >= 11 is 3.28. The number of halogens is 1. The third-order valence-electron chi connectivity index (χ3n) is 2.25. The third kappa shape index (κ3) is 2.95. The number of esters is 1. The van der Waals surface area contributed by atoms with E-state index in [1.165, 1.54) is 17.7 Å². The Labute approximate surface area is 102 Å². The van der Waals surface area contributed by atoms with Gasteiger partial charge in [-0.2, -0.15) is 0 Å². The minimum Gasteiger partial charge on any atom is -0.469 e. The smallest absolute Gasteiger partial charge is 0.313 e. The van der Waals surface area contributed by atoms with Gasteiger partial charge in [-0.3, -0.25) is 9.59 Å². The van der Waals surface area contributed by atoms with E-state index in [9.17, 15) is 9.59 Å². The second-order valence-electron chi connectivity index (χ2n) is 4.19. The number of rotatable bonds is 3. The van der Waals surface area contributed by atoms with Crippen LogP contribution in [-0.2, 0) is 16.1 Å². The number of ether oxygens (including phenoxy) is 1. The van der Waals surface area contributed by atoms with Crippen LogP contribution in [-0.4, -0.2) is 17.6 Å². The fourth-order valence-corrected chi connectivity index (χ4v) is 1.77. The number of hydrogen-bond donors (Lipinski definition) is 0. The summed E-state index contributed by atoms with van der Waals surface area (Å²) in [6, 6.07) is 3.13. The van der Waals surface area contributed by atoms with E-state index in [4.69, 9.17) is 4.74 Å². The first kappa shape index (κ1) is 13.0. The van der Waals surface area contributed by atoms with Crippen LogP contribution in [0.2, 0.25) is 0 Å². The standard InChI is InChI=1S/C11H14BrNO3/c1-11(2,10(15)16-3)7-13-6-8(12)4-5-9(13)14/h4-6H,7H2,1-3H3. The van der Waals surface area contributed by atoms with Crippen molar-refractivity contribution in [3.63, 3.8) is 0 Å². The molecule has 1 aromatic heterocycles. The Bertz CT molecular complexity index is 451. The van der Waals surface area contributed by atoms with Crippen LogP contribution in [0.5, 0.6) is 0 Å². The number of pyridine rings is 1. The number of carbonyl (C=O) groups excluding carboxylic acids is 1. The molecule has 0 aliphatic heterocycles. The summed E-state index contributed by atoms with van der Waals surface area (Å²) in [5, 5.41) is 0. The molecule has 0 aliphatic carbocycles. The largest absolute Gasteiger partial charge is 0.469 e. The minimum atomic E-state index is -0.723. The summed E-state index contributed by atoms with van der Waals surface area (Å²) in [7, 11) is 1.34. The zero-order valence-corrected chi connectivity index (χ0v) is 11.1. The van der Waals surface area contributed by atoms with Crippen molar-refractivity contribution in [3.05, 3.63) is 33.2 Å². The zero-order valence-electron chi connectivity index (χ0n) is 9.49. The van der Waals surface area contributed by atoms with Gasteiger partial charge in [0.2, 0.25) is 0 Å². The molecule has 16 heavy (non-hydrogen) atoms. The normalized spacial score (nSPS) is 11.2. The van der Waals surface area contributed by atoms with Gasteiger partial charge in [-0.25, -0.2) is 0 Å². The Morgan fingerprint density at radius 3 is 2.69 bits per heavy atom. The molecular formula is C11H14BrNO3. The molecule has 4 nitrogen and oxygen atoms in total. The Morgan fingerprint density at radius 1 is 1.50 bits per heavy atom. The molecule has 88 valence electrons. The Balaban J connectivity index is 3.00. The van der Waals surface area contributed by atoms with Crippen LogP contribution in [0.1, 0.15) is 13.8 Å². The first-order valence-corrected chi connectivity index (χ1v) is 5.60. The van der Waals surface area contributed by atoms with Crippen LogP contribution in [0.25, 0.3) is 0 Å². The lowest BCUT2D eigenvalue weighted by Gasteiger charge is -2.22. The molecule has 0 atom stereocenters. The van der Waals surface area contributed by atoms with Crippen molar-refractivity contribution < 1.29 is 9.53 Å². The van der Waals surface area contributed by atoms with Gasteiger partial charge in [0, 0.05) is 23.3 Å². The van der Waals surface area contributed by atoms with Gasteiger partial charge in [0.25, 0.3) is 5.56 Å². The molecule has 5 heteroatoms. The second-order valence-corrected chi connectivity index (χ2v) is 5.10. The lowest BCUT2D eigenvalue weighted by atomic mass is 9.93. The average Bonchev–Trinajstić information content (AvgIpc) is 2.22. The molecule has 1 aromatic rings. The van der Waals surface area contributed by atoms with E-state index in [0.29, 0.717) is 0 Å². The maximum absolute atomic E-state index is 11.6. The molecule has 0 amide bonds. The lowest BCUT2D eigenvalue weighted by molar-refractivity contribution is -0.151. The van der Waals surface area contributed by atoms with E-state index >= 15 is 0 Å². The fraction of sp³-hybridized carbons (Fsp3) is 0.455. The van der Waals surface area contributed by atoms with Gasteiger partial charge in [0.1, 0.15) is 0 Å². The van der Waals surface area contributed by atoms with Crippen molar-refractivity contribution in [2.75, 3.05) is 7.11 Å². The van der Waals surface area contributed by atoms with Gasteiger partial charge in [-0.05, 0) is 35.8 Å². The van der Waals surface area contributed by atoms with Gasteiger partial charge < -0.3 is 9.30 Å². The highest BCUT2D eigenvalue weighted by atomic mass is 79.9. The predicted octanol–water partition coefficient (Wildman–Crippen LogP) is 1.81. The molecule has 0 spiro atoms. The lowest BCUT2D eigenvalue weighted by Crippen LogP contribution is -2.34. The van der Waals surface area contributed by atoms with Crippen LogP contribution < -0.4 is 5.56 Å². The summed E-state index contributed by atoms with van der Waals surface area (Å²) in [5.41, 5.74) is -0.862. The van der Waals surface area contributed by atoms with Crippen molar-refractivity contribution in [1.82, 2.24) is 4.57 Å². The highest BCUT2D eigenvalue weighted by Gasteiger charge is 2.29.